The molecule has 1 aromatic carbocycles. The fraction of sp³-hybridized carbons (Fsp3) is 0.389. The number of furan rings is 1. The Hall–Kier alpha value is -2.14. The molecule has 122 valence electrons. The van der Waals surface area contributed by atoms with E-state index >= 15 is 0 Å². The molecule has 4 nitrogen and oxygen atoms in total. The van der Waals surface area contributed by atoms with E-state index in [9.17, 15) is 9.18 Å². The predicted octanol–water partition coefficient (Wildman–Crippen LogP) is 2.94. The van der Waals surface area contributed by atoms with Gasteiger partial charge in [0.1, 0.15) is 11.6 Å². The Kier molecular flexibility index (Phi) is 4.48. The van der Waals surface area contributed by atoms with Gasteiger partial charge in [-0.15, -0.1) is 0 Å². The van der Waals surface area contributed by atoms with Crippen LogP contribution < -0.4 is 5.32 Å². The molecular weight excluding hydrogens is 295 g/mol. The normalized spacial score (nSPS) is 21.2. The Morgan fingerprint density at radius 3 is 2.87 bits per heavy atom. The number of benzene rings is 1. The fourth-order valence-corrected chi connectivity index (χ4v) is 2.94. The van der Waals surface area contributed by atoms with Crippen molar-refractivity contribution in [3.63, 3.8) is 0 Å². The molecule has 1 aliphatic rings. The molecule has 1 aliphatic carbocycles. The molecule has 1 fully saturated rings. The van der Waals surface area contributed by atoms with Crippen molar-refractivity contribution >= 4 is 5.91 Å². The van der Waals surface area contributed by atoms with Gasteiger partial charge in [0.2, 0.25) is 5.91 Å². The van der Waals surface area contributed by atoms with Crippen LogP contribution >= 0.6 is 0 Å². The first-order chi connectivity index (χ1) is 11.1. The third kappa shape index (κ3) is 3.62. The first-order valence-electron chi connectivity index (χ1n) is 7.79. The summed E-state index contributed by atoms with van der Waals surface area (Å²) in [5.74, 6) is 0.822. The number of hydrogen-bond donors (Lipinski definition) is 1. The van der Waals surface area contributed by atoms with Gasteiger partial charge in [0.25, 0.3) is 0 Å². The van der Waals surface area contributed by atoms with E-state index in [1.165, 1.54) is 12.1 Å². The number of hydrogen-bond acceptors (Lipinski definition) is 3. The molecular formula is C18H21FN2O2. The zero-order valence-corrected chi connectivity index (χ0v) is 13.3. The maximum atomic E-state index is 13.4. The molecule has 0 bridgehead atoms. The molecule has 0 aliphatic heterocycles. The SMILES string of the molecule is CN(C)C(CNC(=O)C1CC1c1ccco1)c1cccc(F)c1. The maximum Gasteiger partial charge on any atom is 0.223 e. The molecule has 3 rings (SSSR count). The Labute approximate surface area is 135 Å². The second kappa shape index (κ2) is 6.54. The smallest absolute Gasteiger partial charge is 0.223 e. The lowest BCUT2D eigenvalue weighted by atomic mass is 10.1. The number of halogens is 1. The summed E-state index contributed by atoms with van der Waals surface area (Å²) < 4.78 is 18.8. The van der Waals surface area contributed by atoms with Crippen LogP contribution in [0.1, 0.15) is 29.7 Å². The Balaban J connectivity index is 1.58. The summed E-state index contributed by atoms with van der Waals surface area (Å²) >= 11 is 0. The second-order valence-corrected chi connectivity index (χ2v) is 6.24. The molecule has 0 spiro atoms. The van der Waals surface area contributed by atoms with Crippen LogP contribution in [0.5, 0.6) is 0 Å². The Bertz CT molecular complexity index is 669. The Morgan fingerprint density at radius 1 is 1.39 bits per heavy atom. The van der Waals surface area contributed by atoms with Crippen molar-refractivity contribution in [3.8, 4) is 0 Å². The molecule has 1 N–H and O–H groups in total. The number of carbonyl (C=O) groups is 1. The van der Waals surface area contributed by atoms with E-state index in [1.807, 2.05) is 37.2 Å². The molecule has 1 aromatic heterocycles. The highest BCUT2D eigenvalue weighted by molar-refractivity contribution is 5.82. The maximum absolute atomic E-state index is 13.4. The number of nitrogens with zero attached hydrogens (tertiary/aromatic N) is 1. The van der Waals surface area contributed by atoms with E-state index < -0.39 is 0 Å². The summed E-state index contributed by atoms with van der Waals surface area (Å²) in [5.41, 5.74) is 0.855. The minimum atomic E-state index is -0.263. The van der Waals surface area contributed by atoms with Crippen molar-refractivity contribution in [2.75, 3.05) is 20.6 Å². The summed E-state index contributed by atoms with van der Waals surface area (Å²) in [6.45, 7) is 0.455. The van der Waals surface area contributed by atoms with Gasteiger partial charge in [0.15, 0.2) is 0 Å². The monoisotopic (exact) mass is 316 g/mol. The first kappa shape index (κ1) is 15.7. The zero-order valence-electron chi connectivity index (χ0n) is 13.3. The van der Waals surface area contributed by atoms with E-state index in [4.69, 9.17) is 4.42 Å². The molecule has 0 saturated heterocycles. The highest BCUT2D eigenvalue weighted by Crippen LogP contribution is 2.47. The molecule has 2 aromatic rings. The van der Waals surface area contributed by atoms with Crippen molar-refractivity contribution in [1.29, 1.82) is 0 Å². The molecule has 1 heterocycles. The Morgan fingerprint density at radius 2 is 2.22 bits per heavy atom. The quantitative estimate of drug-likeness (QED) is 0.891. The van der Waals surface area contributed by atoms with Crippen LogP contribution in [0.4, 0.5) is 4.39 Å². The number of amides is 1. The molecule has 5 heteroatoms. The minimum absolute atomic E-state index is 0.0172. The molecule has 23 heavy (non-hydrogen) atoms. The highest BCUT2D eigenvalue weighted by atomic mass is 19.1. The van der Waals surface area contributed by atoms with E-state index in [0.29, 0.717) is 6.54 Å². The van der Waals surface area contributed by atoms with E-state index in [0.717, 1.165) is 17.7 Å². The van der Waals surface area contributed by atoms with Gasteiger partial charge in [0.05, 0.1) is 12.3 Å². The van der Waals surface area contributed by atoms with Crippen molar-refractivity contribution in [2.24, 2.45) is 5.92 Å². The van der Waals surface area contributed by atoms with Crippen molar-refractivity contribution in [2.45, 2.75) is 18.4 Å². The van der Waals surface area contributed by atoms with Gasteiger partial charge in [-0.05, 0) is 50.3 Å². The molecule has 3 unspecified atom stereocenters. The lowest BCUT2D eigenvalue weighted by Gasteiger charge is -2.25. The van der Waals surface area contributed by atoms with Gasteiger partial charge in [-0.25, -0.2) is 4.39 Å². The lowest BCUT2D eigenvalue weighted by molar-refractivity contribution is -0.122. The summed E-state index contributed by atoms with van der Waals surface area (Å²) in [5, 5.41) is 2.99. The largest absolute Gasteiger partial charge is 0.469 e. The lowest BCUT2D eigenvalue weighted by Crippen LogP contribution is -2.35. The third-order valence-electron chi connectivity index (χ3n) is 4.36. The average Bonchev–Trinajstić information content (AvgIpc) is 3.13. The summed E-state index contributed by atoms with van der Waals surface area (Å²) in [7, 11) is 3.84. The van der Waals surface area contributed by atoms with Crippen LogP contribution in [0.2, 0.25) is 0 Å². The topological polar surface area (TPSA) is 45.5 Å². The highest BCUT2D eigenvalue weighted by Gasteiger charge is 2.45. The van der Waals surface area contributed by atoms with Crippen LogP contribution in [0, 0.1) is 11.7 Å². The van der Waals surface area contributed by atoms with Gasteiger partial charge in [-0.3, -0.25) is 4.79 Å². The first-order valence-corrected chi connectivity index (χ1v) is 7.79. The van der Waals surface area contributed by atoms with E-state index in [2.05, 4.69) is 5.32 Å². The number of nitrogens with one attached hydrogen (secondary N) is 1. The molecule has 3 atom stereocenters. The van der Waals surface area contributed by atoms with Crippen LogP contribution in [0.15, 0.2) is 47.1 Å². The van der Waals surface area contributed by atoms with Crippen LogP contribution in [0.3, 0.4) is 0 Å². The number of rotatable bonds is 6. The van der Waals surface area contributed by atoms with Crippen molar-refractivity contribution in [1.82, 2.24) is 10.2 Å². The zero-order chi connectivity index (χ0) is 16.4. The summed E-state index contributed by atoms with van der Waals surface area (Å²) in [4.78, 5) is 14.3. The number of carbonyl (C=O) groups excluding carboxylic acids is 1. The van der Waals surface area contributed by atoms with Gasteiger partial charge in [-0.2, -0.15) is 0 Å². The standard InChI is InChI=1S/C18H21FN2O2/c1-21(2)16(12-5-3-6-13(19)9-12)11-20-18(22)15-10-14(15)17-7-4-8-23-17/h3-9,14-16H,10-11H2,1-2H3,(H,20,22). The van der Waals surface area contributed by atoms with Gasteiger partial charge >= 0.3 is 0 Å². The van der Waals surface area contributed by atoms with E-state index in [-0.39, 0.29) is 29.6 Å². The van der Waals surface area contributed by atoms with Crippen LogP contribution in [-0.2, 0) is 4.79 Å². The average molecular weight is 316 g/mol. The van der Waals surface area contributed by atoms with Crippen LogP contribution in [0.25, 0.3) is 0 Å². The van der Waals surface area contributed by atoms with Gasteiger partial charge < -0.3 is 14.6 Å². The number of likely N-dealkylation sites (N-methyl/N-ethyl adjacent to an activating group) is 1. The summed E-state index contributed by atoms with van der Waals surface area (Å²) in [6, 6.07) is 10.2. The molecule has 1 amide bonds. The van der Waals surface area contributed by atoms with E-state index in [1.54, 1.807) is 12.3 Å². The van der Waals surface area contributed by atoms with Gasteiger partial charge in [-0.1, -0.05) is 12.1 Å². The summed E-state index contributed by atoms with van der Waals surface area (Å²) in [6.07, 6.45) is 2.46. The van der Waals surface area contributed by atoms with Crippen LogP contribution in [-0.4, -0.2) is 31.4 Å². The van der Waals surface area contributed by atoms with Crippen molar-refractivity contribution < 1.29 is 13.6 Å². The predicted molar refractivity (Wildman–Crippen MR) is 85.4 cm³/mol. The molecule has 1 saturated carbocycles. The minimum Gasteiger partial charge on any atom is -0.469 e. The van der Waals surface area contributed by atoms with Gasteiger partial charge in [0, 0.05) is 18.4 Å². The molecule has 0 radical (unpaired) electrons. The fourth-order valence-electron chi connectivity index (χ4n) is 2.94. The second-order valence-electron chi connectivity index (χ2n) is 6.24. The van der Waals surface area contributed by atoms with Crippen molar-refractivity contribution in [3.05, 3.63) is 59.8 Å². The third-order valence-corrected chi connectivity index (χ3v) is 4.36.